The van der Waals surface area contributed by atoms with Crippen LogP contribution in [-0.4, -0.2) is 23.2 Å². The van der Waals surface area contributed by atoms with Gasteiger partial charge in [0, 0.05) is 5.41 Å². The molecule has 0 aliphatic heterocycles. The summed E-state index contributed by atoms with van der Waals surface area (Å²) in [6, 6.07) is 8.07. The zero-order valence-electron chi connectivity index (χ0n) is 15.1. The van der Waals surface area contributed by atoms with Crippen LogP contribution in [0.25, 0.3) is 0 Å². The Labute approximate surface area is 206 Å². The van der Waals surface area contributed by atoms with Gasteiger partial charge in [0.15, 0.2) is 5.75 Å². The Bertz CT molecular complexity index is 887. The van der Waals surface area contributed by atoms with Crippen molar-refractivity contribution in [3.63, 3.8) is 0 Å². The van der Waals surface area contributed by atoms with E-state index in [9.17, 15) is 23.2 Å². The fraction of sp³-hybridized carbons (Fsp3) is 0.200. The van der Waals surface area contributed by atoms with E-state index in [1.165, 1.54) is 18.2 Å². The van der Waals surface area contributed by atoms with E-state index in [4.69, 9.17) is 4.89 Å². The predicted octanol–water partition coefficient (Wildman–Crippen LogP) is -3.96. The monoisotopic (exact) mass is 432 g/mol. The molecule has 0 heterocycles. The van der Waals surface area contributed by atoms with Gasteiger partial charge in [-0.05, 0) is 40.4 Å². The van der Waals surface area contributed by atoms with Gasteiger partial charge in [-0.2, -0.15) is 0 Å². The molecule has 12 heteroatoms. The van der Waals surface area contributed by atoms with Gasteiger partial charge >= 0.3 is 59.1 Å². The zero-order valence-corrected chi connectivity index (χ0v) is 20.8. The normalized spacial score (nSPS) is 11.3. The molecule has 0 saturated heterocycles. The van der Waals surface area contributed by atoms with Crippen molar-refractivity contribution in [1.29, 1.82) is 0 Å². The fourth-order valence-corrected chi connectivity index (χ4v) is 2.91. The SMILES string of the molecule is CC(C)(c1ccc(O)c(OOO[S-])c1)c1ccc(O)c(S(=O)(=O)[O-])c1.[Na+].[Na+]. The van der Waals surface area contributed by atoms with Crippen LogP contribution in [0.2, 0.25) is 0 Å². The van der Waals surface area contributed by atoms with Crippen LogP contribution in [0.15, 0.2) is 41.3 Å². The topological polar surface area (TPSA) is 125 Å². The molecule has 27 heavy (non-hydrogen) atoms. The van der Waals surface area contributed by atoms with Gasteiger partial charge in [0.25, 0.3) is 0 Å². The van der Waals surface area contributed by atoms with Gasteiger partial charge in [-0.15, -0.1) is 0 Å². The van der Waals surface area contributed by atoms with E-state index in [0.29, 0.717) is 11.1 Å². The van der Waals surface area contributed by atoms with Crippen molar-refractivity contribution in [3.05, 3.63) is 47.5 Å². The van der Waals surface area contributed by atoms with Crippen LogP contribution in [-0.2, 0) is 37.8 Å². The van der Waals surface area contributed by atoms with Crippen LogP contribution in [0, 0.1) is 0 Å². The molecule has 0 atom stereocenters. The van der Waals surface area contributed by atoms with Crippen molar-refractivity contribution >= 4 is 23.0 Å². The summed E-state index contributed by atoms with van der Waals surface area (Å²) in [7, 11) is -4.84. The molecular weight excluding hydrogens is 418 g/mol. The van der Waals surface area contributed by atoms with E-state index < -0.39 is 26.2 Å². The summed E-state index contributed by atoms with van der Waals surface area (Å²) in [5.74, 6) is -0.939. The molecule has 0 fully saturated rings. The van der Waals surface area contributed by atoms with Gasteiger partial charge in [-0.25, -0.2) is 8.42 Å². The number of aromatic hydroxyl groups is 2. The third-order valence-corrected chi connectivity index (χ3v) is 4.71. The van der Waals surface area contributed by atoms with Crippen molar-refractivity contribution in [2.45, 2.75) is 24.2 Å². The average molecular weight is 432 g/mol. The van der Waals surface area contributed by atoms with Gasteiger partial charge in [0.05, 0.1) is 4.90 Å². The second kappa shape index (κ2) is 10.7. The summed E-state index contributed by atoms with van der Waals surface area (Å²) in [5.41, 5.74) is 0.221. The van der Waals surface area contributed by atoms with Crippen LogP contribution >= 0.6 is 0 Å². The molecule has 0 aromatic heterocycles. The molecule has 2 aromatic rings. The second-order valence-corrected chi connectivity index (χ2v) is 7.15. The van der Waals surface area contributed by atoms with E-state index in [-0.39, 0.29) is 70.6 Å². The number of benzene rings is 2. The number of hydrogen-bond donors (Lipinski definition) is 2. The molecule has 2 rings (SSSR count). The second-order valence-electron chi connectivity index (χ2n) is 5.66. The fourth-order valence-electron chi connectivity index (χ4n) is 2.29. The third kappa shape index (κ3) is 6.51. The summed E-state index contributed by atoms with van der Waals surface area (Å²) in [5, 5.41) is 23.5. The van der Waals surface area contributed by atoms with Crippen molar-refractivity contribution < 1.29 is 96.6 Å². The molecule has 2 aromatic carbocycles. The van der Waals surface area contributed by atoms with Gasteiger partial charge in [0.2, 0.25) is 5.75 Å². The zero-order chi connectivity index (χ0) is 18.8. The van der Waals surface area contributed by atoms with Crippen molar-refractivity contribution in [2.75, 3.05) is 0 Å². The first-order valence-corrected chi connectivity index (χ1v) is 8.57. The minimum absolute atomic E-state index is 0. The first-order chi connectivity index (χ1) is 11.6. The molecule has 0 aliphatic carbocycles. The van der Waals surface area contributed by atoms with Crippen molar-refractivity contribution in [1.82, 2.24) is 0 Å². The number of rotatable bonds is 6. The molecule has 0 spiro atoms. The van der Waals surface area contributed by atoms with Crippen LogP contribution in [0.5, 0.6) is 17.2 Å². The molecule has 8 nitrogen and oxygen atoms in total. The standard InChI is InChI=1S/C15H16O8S2.2Na/c1-15(2,9-3-5-11(16)13(7-9)21-22-23-24)10-4-6-12(17)14(8-10)25(18,19)20;;/h3-8,16-17,24H,1-2H3,(H,18,19,20);;/q;2*+1/p-2. The maximum Gasteiger partial charge on any atom is 1.00 e. The average Bonchev–Trinajstić information content (AvgIpc) is 2.53. The maximum absolute atomic E-state index is 11.3. The summed E-state index contributed by atoms with van der Waals surface area (Å²) in [6.45, 7) is 3.50. The van der Waals surface area contributed by atoms with E-state index in [0.717, 1.165) is 12.1 Å². The third-order valence-electron chi connectivity index (χ3n) is 3.78. The molecule has 0 amide bonds. The van der Waals surface area contributed by atoms with Crippen molar-refractivity contribution in [3.8, 4) is 17.2 Å². The Kier molecular flexibility index (Phi) is 10.7. The van der Waals surface area contributed by atoms with E-state index in [1.54, 1.807) is 19.9 Å². The Morgan fingerprint density at radius 2 is 1.52 bits per heavy atom. The van der Waals surface area contributed by atoms with E-state index >= 15 is 0 Å². The van der Waals surface area contributed by atoms with Gasteiger partial charge in [-0.3, -0.25) is 0 Å². The molecule has 0 bridgehead atoms. The van der Waals surface area contributed by atoms with Crippen LogP contribution in [0.4, 0.5) is 0 Å². The Hall–Kier alpha value is 0.0200. The Morgan fingerprint density at radius 3 is 2.04 bits per heavy atom. The van der Waals surface area contributed by atoms with Gasteiger partial charge < -0.3 is 36.9 Å². The van der Waals surface area contributed by atoms with Crippen molar-refractivity contribution in [2.24, 2.45) is 0 Å². The molecule has 136 valence electrons. The smallest absolute Gasteiger partial charge is 0.744 e. The molecule has 0 unspecified atom stereocenters. The first-order valence-electron chi connectivity index (χ1n) is 6.83. The summed E-state index contributed by atoms with van der Waals surface area (Å²) >= 11 is 4.10. The van der Waals surface area contributed by atoms with E-state index in [1.807, 2.05) is 0 Å². The predicted molar refractivity (Wildman–Crippen MR) is 86.5 cm³/mol. The molecule has 0 saturated carbocycles. The molecule has 0 aliphatic rings. The molecule has 2 N–H and O–H groups in total. The number of phenolic OH excluding ortho intramolecular Hbond substituents is 2. The van der Waals surface area contributed by atoms with Gasteiger partial charge in [-0.1, -0.05) is 26.0 Å². The maximum atomic E-state index is 11.3. The molecule has 0 radical (unpaired) electrons. The summed E-state index contributed by atoms with van der Waals surface area (Å²) in [6.07, 6.45) is 0. The van der Waals surface area contributed by atoms with E-state index in [2.05, 4.69) is 22.3 Å². The minimum atomic E-state index is -4.84. The summed E-state index contributed by atoms with van der Waals surface area (Å²) < 4.78 is 37.7. The largest absolute Gasteiger partial charge is 1.00 e. The number of phenols is 2. The van der Waals surface area contributed by atoms with Crippen LogP contribution in [0.1, 0.15) is 25.0 Å². The number of hydrogen-bond acceptors (Lipinski definition) is 9. The minimum Gasteiger partial charge on any atom is -0.744 e. The van der Waals surface area contributed by atoms with Crippen LogP contribution < -0.4 is 64.0 Å². The Morgan fingerprint density at radius 1 is 1.00 bits per heavy atom. The quantitative estimate of drug-likeness (QED) is 0.155. The summed E-state index contributed by atoms with van der Waals surface area (Å²) in [4.78, 5) is 3.98. The Balaban J connectivity index is 0.00000338. The van der Waals surface area contributed by atoms with Crippen LogP contribution in [0.3, 0.4) is 0 Å². The molecular formula is C15H14Na2O8S2. The first kappa shape index (κ1) is 27.0. The van der Waals surface area contributed by atoms with Gasteiger partial charge in [0.1, 0.15) is 15.9 Å².